The topological polar surface area (TPSA) is 84.5 Å². The quantitative estimate of drug-likeness (QED) is 0.376. The summed E-state index contributed by atoms with van der Waals surface area (Å²) in [5, 5.41) is 0. The molecule has 0 spiro atoms. The Morgan fingerprint density at radius 1 is 1.19 bits per heavy atom. The number of carbonyl (C=O) groups is 1. The zero-order chi connectivity index (χ0) is 19.9. The Kier molecular flexibility index (Phi) is 7.64. The fraction of sp³-hybridized carbons (Fsp3) is 0.278. The highest BCUT2D eigenvalue weighted by atomic mass is 32.2. The molecule has 0 unspecified atom stereocenters. The van der Waals surface area contributed by atoms with E-state index in [1.807, 2.05) is 0 Å². The predicted octanol–water partition coefficient (Wildman–Crippen LogP) is 2.96. The van der Waals surface area contributed by atoms with Crippen molar-refractivity contribution in [3.8, 4) is 5.75 Å². The van der Waals surface area contributed by atoms with Crippen molar-refractivity contribution in [1.29, 1.82) is 0 Å². The number of thioether (sulfide) groups is 1. The fourth-order valence-corrected chi connectivity index (χ4v) is 3.88. The van der Waals surface area contributed by atoms with Gasteiger partial charge in [0.1, 0.15) is 0 Å². The standard InChI is InChI=1S/C18H21FN2O4S2/c1-13(2)18(22)21-25-17-9-8-14(12-16(17)19)26-11-10-20-27(23,24)15-6-4-3-5-7-15/h3-9,12-13,20H,10-11H2,1-2H3,(H,21,22). The first kappa shape index (κ1) is 21.2. The molecule has 2 aromatic rings. The van der Waals surface area contributed by atoms with Gasteiger partial charge >= 0.3 is 0 Å². The van der Waals surface area contributed by atoms with Crippen LogP contribution < -0.4 is 15.0 Å². The Hall–Kier alpha value is -2.10. The van der Waals surface area contributed by atoms with E-state index in [2.05, 4.69) is 10.2 Å². The number of hydroxylamine groups is 1. The maximum Gasteiger partial charge on any atom is 0.255 e. The molecule has 1 amide bonds. The van der Waals surface area contributed by atoms with Crippen LogP contribution in [0.25, 0.3) is 0 Å². The summed E-state index contributed by atoms with van der Waals surface area (Å²) in [4.78, 5) is 17.2. The second kappa shape index (κ2) is 9.72. The molecule has 2 aromatic carbocycles. The first-order valence-corrected chi connectivity index (χ1v) is 10.7. The number of rotatable bonds is 9. The Morgan fingerprint density at radius 3 is 2.52 bits per heavy atom. The number of sulfonamides is 1. The Morgan fingerprint density at radius 2 is 1.89 bits per heavy atom. The molecule has 0 aliphatic rings. The number of benzene rings is 2. The summed E-state index contributed by atoms with van der Waals surface area (Å²) in [5.41, 5.74) is 2.18. The van der Waals surface area contributed by atoms with E-state index >= 15 is 0 Å². The lowest BCUT2D eigenvalue weighted by Crippen LogP contribution is -2.31. The van der Waals surface area contributed by atoms with Crippen molar-refractivity contribution < 1.29 is 22.4 Å². The van der Waals surface area contributed by atoms with Crippen LogP contribution in [0, 0.1) is 11.7 Å². The van der Waals surface area contributed by atoms with Crippen molar-refractivity contribution in [2.75, 3.05) is 12.3 Å². The third kappa shape index (κ3) is 6.53. The summed E-state index contributed by atoms with van der Waals surface area (Å²) in [5.74, 6) is -0.899. The Balaban J connectivity index is 1.83. The first-order valence-electron chi connectivity index (χ1n) is 8.23. The van der Waals surface area contributed by atoms with Gasteiger partial charge in [-0.2, -0.15) is 5.48 Å². The smallest absolute Gasteiger partial charge is 0.255 e. The lowest BCUT2D eigenvalue weighted by atomic mass is 10.2. The molecular formula is C18H21FN2O4S2. The Labute approximate surface area is 162 Å². The number of nitrogens with one attached hydrogen (secondary N) is 2. The summed E-state index contributed by atoms with van der Waals surface area (Å²) in [7, 11) is -3.55. The largest absolute Gasteiger partial charge is 0.376 e. The molecule has 0 atom stereocenters. The minimum atomic E-state index is -3.55. The molecule has 2 N–H and O–H groups in total. The number of carbonyl (C=O) groups excluding carboxylic acids is 1. The van der Waals surface area contributed by atoms with Crippen LogP contribution in [0.3, 0.4) is 0 Å². The molecule has 146 valence electrons. The first-order chi connectivity index (χ1) is 12.8. The van der Waals surface area contributed by atoms with Gasteiger partial charge in [0.05, 0.1) is 4.90 Å². The van der Waals surface area contributed by atoms with Crippen LogP contribution in [0.4, 0.5) is 4.39 Å². The van der Waals surface area contributed by atoms with Crippen LogP contribution in [0.15, 0.2) is 58.3 Å². The third-order valence-corrected chi connectivity index (χ3v) is 5.88. The van der Waals surface area contributed by atoms with Crippen LogP contribution in [0.2, 0.25) is 0 Å². The number of halogens is 1. The van der Waals surface area contributed by atoms with Crippen molar-refractivity contribution in [1.82, 2.24) is 10.2 Å². The van der Waals surface area contributed by atoms with Crippen molar-refractivity contribution >= 4 is 27.7 Å². The van der Waals surface area contributed by atoms with Crippen molar-refractivity contribution in [2.45, 2.75) is 23.6 Å². The third-order valence-electron chi connectivity index (χ3n) is 3.41. The van der Waals surface area contributed by atoms with Crippen molar-refractivity contribution in [2.24, 2.45) is 5.92 Å². The highest BCUT2D eigenvalue weighted by Crippen LogP contribution is 2.24. The molecule has 2 rings (SSSR count). The zero-order valence-electron chi connectivity index (χ0n) is 14.9. The van der Waals surface area contributed by atoms with Gasteiger partial charge in [-0.25, -0.2) is 17.5 Å². The zero-order valence-corrected chi connectivity index (χ0v) is 16.6. The van der Waals surface area contributed by atoms with E-state index < -0.39 is 15.8 Å². The van der Waals surface area contributed by atoms with Crippen molar-refractivity contribution in [3.63, 3.8) is 0 Å². The SMILES string of the molecule is CC(C)C(=O)NOc1ccc(SCCNS(=O)(=O)c2ccccc2)cc1F. The fourth-order valence-electron chi connectivity index (χ4n) is 1.91. The average Bonchev–Trinajstić information content (AvgIpc) is 2.65. The van der Waals surface area contributed by atoms with Gasteiger partial charge in [0, 0.05) is 23.1 Å². The molecule has 6 nitrogen and oxygen atoms in total. The minimum absolute atomic E-state index is 0.0851. The van der Waals surface area contributed by atoms with Crippen LogP contribution in [-0.2, 0) is 14.8 Å². The summed E-state index contributed by atoms with van der Waals surface area (Å²) in [6.07, 6.45) is 0. The van der Waals surface area contributed by atoms with Crippen LogP contribution in [-0.4, -0.2) is 26.6 Å². The molecule has 0 heterocycles. The van der Waals surface area contributed by atoms with E-state index in [9.17, 15) is 17.6 Å². The molecule has 0 bridgehead atoms. The lowest BCUT2D eigenvalue weighted by molar-refractivity contribution is -0.130. The molecule has 0 aliphatic carbocycles. The maximum absolute atomic E-state index is 14.0. The average molecular weight is 413 g/mol. The minimum Gasteiger partial charge on any atom is -0.376 e. The second-order valence-electron chi connectivity index (χ2n) is 5.87. The number of hydrogen-bond donors (Lipinski definition) is 2. The normalized spacial score (nSPS) is 11.4. The van der Waals surface area contributed by atoms with Gasteiger partial charge < -0.3 is 4.84 Å². The highest BCUT2D eigenvalue weighted by Gasteiger charge is 2.13. The van der Waals surface area contributed by atoms with Gasteiger partial charge in [0.15, 0.2) is 11.6 Å². The monoisotopic (exact) mass is 412 g/mol. The summed E-state index contributed by atoms with van der Waals surface area (Å²) >= 11 is 1.30. The molecule has 0 radical (unpaired) electrons. The predicted molar refractivity (Wildman–Crippen MR) is 102 cm³/mol. The molecule has 0 aliphatic heterocycles. The van der Waals surface area contributed by atoms with E-state index in [0.29, 0.717) is 10.6 Å². The highest BCUT2D eigenvalue weighted by molar-refractivity contribution is 7.99. The van der Waals surface area contributed by atoms with Crippen LogP contribution >= 0.6 is 11.8 Å². The summed E-state index contributed by atoms with van der Waals surface area (Å²) in [6, 6.07) is 12.4. The summed E-state index contributed by atoms with van der Waals surface area (Å²) < 4.78 is 40.7. The summed E-state index contributed by atoms with van der Waals surface area (Å²) in [6.45, 7) is 3.59. The second-order valence-corrected chi connectivity index (χ2v) is 8.81. The molecule has 0 saturated carbocycles. The van der Waals surface area contributed by atoms with Gasteiger partial charge in [0.25, 0.3) is 5.91 Å². The van der Waals surface area contributed by atoms with Gasteiger partial charge in [-0.15, -0.1) is 11.8 Å². The molecular weight excluding hydrogens is 391 g/mol. The van der Waals surface area contributed by atoms with E-state index in [1.165, 1.54) is 36.0 Å². The van der Waals surface area contributed by atoms with Gasteiger partial charge in [-0.05, 0) is 30.3 Å². The number of hydrogen-bond acceptors (Lipinski definition) is 5. The van der Waals surface area contributed by atoms with E-state index in [1.54, 1.807) is 38.1 Å². The van der Waals surface area contributed by atoms with E-state index in [-0.39, 0.29) is 29.0 Å². The van der Waals surface area contributed by atoms with Crippen LogP contribution in [0.1, 0.15) is 13.8 Å². The van der Waals surface area contributed by atoms with Crippen LogP contribution in [0.5, 0.6) is 5.75 Å². The lowest BCUT2D eigenvalue weighted by Gasteiger charge is -2.10. The van der Waals surface area contributed by atoms with Gasteiger partial charge in [0.2, 0.25) is 10.0 Å². The van der Waals surface area contributed by atoms with E-state index in [4.69, 9.17) is 4.84 Å². The molecule has 9 heteroatoms. The Bertz CT molecular complexity index is 874. The van der Waals surface area contributed by atoms with Crippen molar-refractivity contribution in [3.05, 3.63) is 54.3 Å². The van der Waals surface area contributed by atoms with E-state index in [0.717, 1.165) is 0 Å². The molecule has 0 aromatic heterocycles. The number of amides is 1. The van der Waals surface area contributed by atoms with Gasteiger partial charge in [-0.3, -0.25) is 4.79 Å². The van der Waals surface area contributed by atoms with Gasteiger partial charge in [-0.1, -0.05) is 32.0 Å². The maximum atomic E-state index is 14.0. The molecule has 27 heavy (non-hydrogen) atoms. The molecule has 0 fully saturated rings. The molecule has 0 saturated heterocycles.